The number of rotatable bonds is 6. The molecule has 1 fully saturated rings. The summed E-state index contributed by atoms with van der Waals surface area (Å²) in [5.41, 5.74) is 3.27. The van der Waals surface area contributed by atoms with Gasteiger partial charge in [0.25, 0.3) is 5.91 Å². The zero-order chi connectivity index (χ0) is 25.7. The van der Waals surface area contributed by atoms with Gasteiger partial charge in [0, 0.05) is 15.1 Å². The van der Waals surface area contributed by atoms with Gasteiger partial charge >= 0.3 is 5.97 Å². The van der Waals surface area contributed by atoms with Crippen LogP contribution in [0.3, 0.4) is 0 Å². The van der Waals surface area contributed by atoms with Gasteiger partial charge in [0.1, 0.15) is 11.6 Å². The zero-order valence-corrected chi connectivity index (χ0v) is 22.7. The van der Waals surface area contributed by atoms with Crippen LogP contribution in [0.1, 0.15) is 47.3 Å². The van der Waals surface area contributed by atoms with Crippen LogP contribution in [0, 0.1) is 11.3 Å². The molecule has 0 atom stereocenters. The molecule has 3 aromatic rings. The number of nitrogens with zero attached hydrogens (tertiary/aromatic N) is 2. The van der Waals surface area contributed by atoms with E-state index in [4.69, 9.17) is 4.74 Å². The van der Waals surface area contributed by atoms with E-state index in [0.29, 0.717) is 15.7 Å². The Morgan fingerprint density at radius 3 is 2.44 bits per heavy atom. The summed E-state index contributed by atoms with van der Waals surface area (Å²) in [6, 6.07) is 19.1. The maximum atomic E-state index is 13.2. The Kier molecular flexibility index (Phi) is 8.02. The summed E-state index contributed by atoms with van der Waals surface area (Å²) < 4.78 is 6.30. The predicted octanol–water partition coefficient (Wildman–Crippen LogP) is 6.55. The number of hydrogen-bond donors (Lipinski definition) is 1. The smallest absolute Gasteiger partial charge is 0.337 e. The Hall–Kier alpha value is -3.28. The quantitative estimate of drug-likeness (QED) is 0.195. The van der Waals surface area contributed by atoms with Crippen LogP contribution in [0.25, 0.3) is 17.2 Å². The fourth-order valence-electron chi connectivity index (χ4n) is 4.49. The molecule has 0 spiro atoms. The number of amides is 1. The minimum Gasteiger partial charge on any atom is -0.465 e. The van der Waals surface area contributed by atoms with Crippen LogP contribution in [0.4, 0.5) is 0 Å². The van der Waals surface area contributed by atoms with Crippen molar-refractivity contribution in [2.24, 2.45) is 0 Å². The molecule has 36 heavy (non-hydrogen) atoms. The van der Waals surface area contributed by atoms with E-state index < -0.39 is 11.4 Å². The number of aromatic nitrogens is 1. The fraction of sp³-hybridized carbons (Fsp3) is 0.214. The van der Waals surface area contributed by atoms with Crippen molar-refractivity contribution in [3.8, 4) is 17.2 Å². The van der Waals surface area contributed by atoms with Gasteiger partial charge in [-0.1, -0.05) is 49.2 Å². The molecule has 0 aliphatic heterocycles. The van der Waals surface area contributed by atoms with Crippen LogP contribution in [0.2, 0.25) is 0 Å². The van der Waals surface area contributed by atoms with Crippen molar-refractivity contribution in [2.45, 2.75) is 31.2 Å². The van der Waals surface area contributed by atoms with Crippen molar-refractivity contribution in [3.63, 3.8) is 0 Å². The molecule has 0 saturated heterocycles. The molecule has 0 bridgehead atoms. The van der Waals surface area contributed by atoms with Crippen molar-refractivity contribution >= 4 is 49.8 Å². The second kappa shape index (κ2) is 11.2. The zero-order valence-electron chi connectivity index (χ0n) is 19.6. The molecule has 8 heteroatoms. The van der Waals surface area contributed by atoms with Crippen LogP contribution in [0.15, 0.2) is 75.3 Å². The molecule has 0 radical (unpaired) electrons. The standard InChI is InChI=1S/C28H23Br2N3O3/c1-36-27(35)20-6-4-5-19(13-20)18-7-9-22(10-8-18)28(11-2-3-12-28)33-26(34)21(16-31)14-25-24(30)15-23(29)17-32-25/h4-10,13-15,17H,2-3,11-12H2,1H3,(H,33,34)/b21-14+. The summed E-state index contributed by atoms with van der Waals surface area (Å²) in [7, 11) is 1.36. The van der Waals surface area contributed by atoms with Gasteiger partial charge in [-0.05, 0) is 85.7 Å². The van der Waals surface area contributed by atoms with Gasteiger partial charge in [-0.3, -0.25) is 9.78 Å². The van der Waals surface area contributed by atoms with Crippen molar-refractivity contribution in [1.82, 2.24) is 10.3 Å². The van der Waals surface area contributed by atoms with Crippen LogP contribution < -0.4 is 5.32 Å². The molecular formula is C28H23Br2N3O3. The third kappa shape index (κ3) is 5.58. The molecule has 4 rings (SSSR count). The lowest BCUT2D eigenvalue weighted by Gasteiger charge is -2.31. The number of nitriles is 1. The summed E-state index contributed by atoms with van der Waals surface area (Å²) in [6.45, 7) is 0. The maximum Gasteiger partial charge on any atom is 0.337 e. The summed E-state index contributed by atoms with van der Waals surface area (Å²) in [5.74, 6) is -0.807. The second-order valence-corrected chi connectivity index (χ2v) is 10.4. The molecule has 1 saturated carbocycles. The molecule has 1 aliphatic rings. The van der Waals surface area contributed by atoms with E-state index in [1.165, 1.54) is 13.2 Å². The number of carbonyl (C=O) groups excluding carboxylic acids is 2. The molecule has 182 valence electrons. The highest BCUT2D eigenvalue weighted by Crippen LogP contribution is 2.40. The number of pyridine rings is 1. The molecule has 1 amide bonds. The van der Waals surface area contributed by atoms with E-state index >= 15 is 0 Å². The third-order valence-electron chi connectivity index (χ3n) is 6.35. The number of benzene rings is 2. The Balaban J connectivity index is 1.60. The number of esters is 1. The highest BCUT2D eigenvalue weighted by Gasteiger charge is 2.37. The lowest BCUT2D eigenvalue weighted by Crippen LogP contribution is -2.44. The monoisotopic (exact) mass is 607 g/mol. The van der Waals surface area contributed by atoms with Crippen LogP contribution in [-0.4, -0.2) is 24.0 Å². The van der Waals surface area contributed by atoms with Gasteiger partial charge in [0.15, 0.2) is 0 Å². The van der Waals surface area contributed by atoms with Crippen LogP contribution >= 0.6 is 31.9 Å². The van der Waals surface area contributed by atoms with Gasteiger partial charge in [0.05, 0.1) is 23.9 Å². The molecule has 1 aromatic heterocycles. The first-order valence-electron chi connectivity index (χ1n) is 11.4. The summed E-state index contributed by atoms with van der Waals surface area (Å²) in [4.78, 5) is 29.4. The molecule has 1 aliphatic carbocycles. The molecule has 1 heterocycles. The molecule has 0 unspecified atom stereocenters. The Labute approximate surface area is 226 Å². The van der Waals surface area contributed by atoms with E-state index in [9.17, 15) is 14.9 Å². The first-order valence-corrected chi connectivity index (χ1v) is 13.0. The first kappa shape index (κ1) is 25.8. The van der Waals surface area contributed by atoms with Crippen molar-refractivity contribution in [2.75, 3.05) is 7.11 Å². The number of halogens is 2. The van der Waals surface area contributed by atoms with Gasteiger partial charge in [0.2, 0.25) is 0 Å². The summed E-state index contributed by atoms with van der Waals surface area (Å²) in [6.07, 6.45) is 6.64. The lowest BCUT2D eigenvalue weighted by atomic mass is 9.86. The average Bonchev–Trinajstić information content (AvgIpc) is 3.37. The molecule has 1 N–H and O–H groups in total. The van der Waals surface area contributed by atoms with E-state index in [1.807, 2.05) is 48.5 Å². The predicted molar refractivity (Wildman–Crippen MR) is 145 cm³/mol. The number of ether oxygens (including phenoxy) is 1. The molecular weight excluding hydrogens is 586 g/mol. The van der Waals surface area contributed by atoms with Crippen LogP contribution in [-0.2, 0) is 15.1 Å². The topological polar surface area (TPSA) is 92.1 Å². The minimum atomic E-state index is -0.552. The van der Waals surface area contributed by atoms with E-state index in [0.717, 1.165) is 46.8 Å². The number of hydrogen-bond acceptors (Lipinski definition) is 5. The normalized spacial score (nSPS) is 14.7. The highest BCUT2D eigenvalue weighted by molar-refractivity contribution is 9.11. The Morgan fingerprint density at radius 1 is 1.08 bits per heavy atom. The van der Waals surface area contributed by atoms with Crippen molar-refractivity contribution in [3.05, 3.63) is 92.1 Å². The van der Waals surface area contributed by atoms with Gasteiger partial charge in [-0.15, -0.1) is 0 Å². The highest BCUT2D eigenvalue weighted by atomic mass is 79.9. The minimum absolute atomic E-state index is 0.00644. The number of carbonyl (C=O) groups is 2. The largest absolute Gasteiger partial charge is 0.465 e. The number of methoxy groups -OCH3 is 1. The average molecular weight is 609 g/mol. The third-order valence-corrected chi connectivity index (χ3v) is 7.42. The maximum absolute atomic E-state index is 13.2. The van der Waals surface area contributed by atoms with E-state index in [-0.39, 0.29) is 11.5 Å². The van der Waals surface area contributed by atoms with Crippen LogP contribution in [0.5, 0.6) is 0 Å². The Morgan fingerprint density at radius 2 is 1.81 bits per heavy atom. The lowest BCUT2D eigenvalue weighted by molar-refractivity contribution is -0.119. The SMILES string of the molecule is COC(=O)c1cccc(-c2ccc(C3(NC(=O)/C(C#N)=C/c4ncc(Br)cc4Br)CCCC3)cc2)c1. The van der Waals surface area contributed by atoms with Crippen molar-refractivity contribution in [1.29, 1.82) is 5.26 Å². The van der Waals surface area contributed by atoms with Crippen molar-refractivity contribution < 1.29 is 14.3 Å². The molecule has 6 nitrogen and oxygen atoms in total. The second-order valence-electron chi connectivity index (χ2n) is 8.58. The summed E-state index contributed by atoms with van der Waals surface area (Å²) in [5, 5.41) is 12.9. The van der Waals surface area contributed by atoms with Gasteiger partial charge in [-0.25, -0.2) is 4.79 Å². The first-order chi connectivity index (χ1) is 17.3. The number of nitrogens with one attached hydrogen (secondary N) is 1. The molecule has 2 aromatic carbocycles. The fourth-order valence-corrected chi connectivity index (χ4v) is 5.59. The van der Waals surface area contributed by atoms with Gasteiger partial charge < -0.3 is 10.1 Å². The summed E-state index contributed by atoms with van der Waals surface area (Å²) >= 11 is 6.78. The van der Waals surface area contributed by atoms with E-state index in [1.54, 1.807) is 18.3 Å². The van der Waals surface area contributed by atoms with E-state index in [2.05, 4.69) is 42.2 Å². The van der Waals surface area contributed by atoms with Gasteiger partial charge in [-0.2, -0.15) is 5.26 Å². The Bertz CT molecular complexity index is 1370.